The Morgan fingerprint density at radius 3 is 2.90 bits per heavy atom. The molecular formula is C18H19FO2. The Balaban J connectivity index is 1.81. The number of aliphatic hydroxyl groups is 1. The summed E-state index contributed by atoms with van der Waals surface area (Å²) in [5.74, 6) is 0.848. The number of fused-ring (bicyclic) bond motifs is 1. The number of halogens is 1. The molecule has 2 aromatic rings. The van der Waals surface area contributed by atoms with Gasteiger partial charge in [0, 0.05) is 0 Å². The molecule has 1 heterocycles. The predicted octanol–water partition coefficient (Wildman–Crippen LogP) is 4.12. The zero-order chi connectivity index (χ0) is 14.8. The SMILES string of the molecule is Cc1cc(F)cc(C(O)CC2CCOc3ccccc32)c1. The molecule has 0 saturated carbocycles. The summed E-state index contributed by atoms with van der Waals surface area (Å²) in [6, 6.07) is 12.7. The predicted molar refractivity (Wildman–Crippen MR) is 80.0 cm³/mol. The summed E-state index contributed by atoms with van der Waals surface area (Å²) in [5.41, 5.74) is 2.61. The molecule has 0 amide bonds. The van der Waals surface area contributed by atoms with Gasteiger partial charge in [-0.1, -0.05) is 24.3 Å². The van der Waals surface area contributed by atoms with Crippen molar-refractivity contribution in [3.05, 3.63) is 65.0 Å². The minimum absolute atomic E-state index is 0.244. The number of hydrogen-bond acceptors (Lipinski definition) is 2. The number of para-hydroxylation sites is 1. The van der Waals surface area contributed by atoms with Crippen molar-refractivity contribution >= 4 is 0 Å². The summed E-state index contributed by atoms with van der Waals surface area (Å²) in [6.45, 7) is 2.50. The molecule has 0 spiro atoms. The van der Waals surface area contributed by atoms with Gasteiger partial charge in [0.05, 0.1) is 12.7 Å². The zero-order valence-corrected chi connectivity index (χ0v) is 12.1. The van der Waals surface area contributed by atoms with Crippen LogP contribution in [0.1, 0.15) is 41.6 Å². The number of ether oxygens (including phenoxy) is 1. The summed E-state index contributed by atoms with van der Waals surface area (Å²) in [6.07, 6.45) is 0.807. The Morgan fingerprint density at radius 1 is 1.29 bits per heavy atom. The fourth-order valence-electron chi connectivity index (χ4n) is 3.02. The van der Waals surface area contributed by atoms with E-state index in [1.807, 2.05) is 37.3 Å². The third kappa shape index (κ3) is 3.08. The second-order valence-corrected chi connectivity index (χ2v) is 5.69. The van der Waals surface area contributed by atoms with Gasteiger partial charge in [-0.25, -0.2) is 4.39 Å². The molecule has 2 aromatic carbocycles. The van der Waals surface area contributed by atoms with Gasteiger partial charge in [0.25, 0.3) is 0 Å². The summed E-state index contributed by atoms with van der Waals surface area (Å²) in [7, 11) is 0. The summed E-state index contributed by atoms with van der Waals surface area (Å²) in [4.78, 5) is 0. The van der Waals surface area contributed by atoms with Gasteiger partial charge in [-0.05, 0) is 60.6 Å². The smallest absolute Gasteiger partial charge is 0.123 e. The fourth-order valence-corrected chi connectivity index (χ4v) is 3.02. The molecule has 3 heteroatoms. The van der Waals surface area contributed by atoms with E-state index < -0.39 is 6.10 Å². The van der Waals surface area contributed by atoms with Crippen LogP contribution in [0, 0.1) is 12.7 Å². The van der Waals surface area contributed by atoms with Crippen LogP contribution < -0.4 is 4.74 Å². The van der Waals surface area contributed by atoms with Gasteiger partial charge in [-0.3, -0.25) is 0 Å². The molecule has 1 aliphatic heterocycles. The van der Waals surface area contributed by atoms with E-state index in [2.05, 4.69) is 0 Å². The van der Waals surface area contributed by atoms with Crippen LogP contribution in [0.15, 0.2) is 42.5 Å². The van der Waals surface area contributed by atoms with Crippen molar-refractivity contribution in [2.45, 2.75) is 31.8 Å². The lowest BCUT2D eigenvalue weighted by molar-refractivity contribution is 0.144. The molecule has 0 aromatic heterocycles. The van der Waals surface area contributed by atoms with E-state index >= 15 is 0 Å². The molecule has 0 saturated heterocycles. The lowest BCUT2D eigenvalue weighted by Gasteiger charge is -2.27. The molecule has 21 heavy (non-hydrogen) atoms. The van der Waals surface area contributed by atoms with Crippen molar-refractivity contribution in [1.29, 1.82) is 0 Å². The van der Waals surface area contributed by atoms with Gasteiger partial charge >= 0.3 is 0 Å². The monoisotopic (exact) mass is 286 g/mol. The van der Waals surface area contributed by atoms with Crippen LogP contribution >= 0.6 is 0 Å². The van der Waals surface area contributed by atoms with Crippen LogP contribution in [-0.4, -0.2) is 11.7 Å². The number of aryl methyl sites for hydroxylation is 1. The van der Waals surface area contributed by atoms with E-state index in [1.165, 1.54) is 12.1 Å². The lowest BCUT2D eigenvalue weighted by Crippen LogP contribution is -2.16. The van der Waals surface area contributed by atoms with Gasteiger partial charge in [-0.15, -0.1) is 0 Å². The highest BCUT2D eigenvalue weighted by Gasteiger charge is 2.24. The van der Waals surface area contributed by atoms with E-state index in [9.17, 15) is 9.50 Å². The average Bonchev–Trinajstić information content (AvgIpc) is 2.46. The molecule has 1 aliphatic rings. The number of benzene rings is 2. The van der Waals surface area contributed by atoms with Crippen molar-refractivity contribution in [3.63, 3.8) is 0 Å². The highest BCUT2D eigenvalue weighted by atomic mass is 19.1. The maximum absolute atomic E-state index is 13.5. The van der Waals surface area contributed by atoms with Gasteiger partial charge in [0.15, 0.2) is 0 Å². The number of hydrogen-bond donors (Lipinski definition) is 1. The van der Waals surface area contributed by atoms with E-state index in [-0.39, 0.29) is 11.7 Å². The highest BCUT2D eigenvalue weighted by Crippen LogP contribution is 2.38. The lowest BCUT2D eigenvalue weighted by atomic mass is 9.86. The molecular weight excluding hydrogens is 267 g/mol. The third-order valence-corrected chi connectivity index (χ3v) is 4.04. The van der Waals surface area contributed by atoms with Crippen molar-refractivity contribution in [1.82, 2.24) is 0 Å². The average molecular weight is 286 g/mol. The van der Waals surface area contributed by atoms with Crippen molar-refractivity contribution < 1.29 is 14.2 Å². The largest absolute Gasteiger partial charge is 0.493 e. The topological polar surface area (TPSA) is 29.5 Å². The van der Waals surface area contributed by atoms with Gasteiger partial charge < -0.3 is 9.84 Å². The summed E-state index contributed by atoms with van der Waals surface area (Å²) < 4.78 is 19.1. The molecule has 2 nitrogen and oxygen atoms in total. The Labute approximate surface area is 124 Å². The van der Waals surface area contributed by atoms with Crippen LogP contribution in [0.25, 0.3) is 0 Å². The van der Waals surface area contributed by atoms with Crippen LogP contribution in [-0.2, 0) is 0 Å². The molecule has 110 valence electrons. The Hall–Kier alpha value is -1.87. The molecule has 1 N–H and O–H groups in total. The first-order chi connectivity index (χ1) is 10.1. The number of rotatable bonds is 3. The third-order valence-electron chi connectivity index (χ3n) is 4.04. The van der Waals surface area contributed by atoms with Gasteiger partial charge in [0.1, 0.15) is 11.6 Å². The molecule has 0 aliphatic carbocycles. The second kappa shape index (κ2) is 5.86. The molecule has 2 unspecified atom stereocenters. The van der Waals surface area contributed by atoms with Crippen LogP contribution in [0.5, 0.6) is 5.75 Å². The first-order valence-electron chi connectivity index (χ1n) is 7.30. The van der Waals surface area contributed by atoms with E-state index in [1.54, 1.807) is 0 Å². The summed E-state index contributed by atoms with van der Waals surface area (Å²) >= 11 is 0. The minimum atomic E-state index is -0.657. The zero-order valence-electron chi connectivity index (χ0n) is 12.1. The van der Waals surface area contributed by atoms with Gasteiger partial charge in [-0.2, -0.15) is 0 Å². The maximum Gasteiger partial charge on any atom is 0.123 e. The Morgan fingerprint density at radius 2 is 2.10 bits per heavy atom. The Bertz CT molecular complexity index is 619. The second-order valence-electron chi connectivity index (χ2n) is 5.69. The maximum atomic E-state index is 13.5. The van der Waals surface area contributed by atoms with Crippen molar-refractivity contribution in [3.8, 4) is 5.75 Å². The molecule has 3 rings (SSSR count). The molecule has 0 bridgehead atoms. The van der Waals surface area contributed by atoms with Crippen LogP contribution in [0.3, 0.4) is 0 Å². The van der Waals surface area contributed by atoms with E-state index in [0.29, 0.717) is 18.6 Å². The standard InChI is InChI=1S/C18H19FO2/c1-12-8-14(10-15(19)9-12)17(20)11-13-6-7-21-18-5-3-2-4-16(13)18/h2-5,8-10,13,17,20H,6-7,11H2,1H3. The van der Waals surface area contributed by atoms with Crippen molar-refractivity contribution in [2.75, 3.05) is 6.61 Å². The first kappa shape index (κ1) is 14.1. The first-order valence-corrected chi connectivity index (χ1v) is 7.30. The highest BCUT2D eigenvalue weighted by molar-refractivity contribution is 5.38. The van der Waals surface area contributed by atoms with Crippen LogP contribution in [0.2, 0.25) is 0 Å². The quantitative estimate of drug-likeness (QED) is 0.919. The Kier molecular flexibility index (Phi) is 3.93. The van der Waals surface area contributed by atoms with Gasteiger partial charge in [0.2, 0.25) is 0 Å². The fraction of sp³-hybridized carbons (Fsp3) is 0.333. The van der Waals surface area contributed by atoms with Crippen molar-refractivity contribution in [2.24, 2.45) is 0 Å². The number of aliphatic hydroxyl groups excluding tert-OH is 1. The molecule has 0 fully saturated rings. The molecule has 0 radical (unpaired) electrons. The minimum Gasteiger partial charge on any atom is -0.493 e. The molecule has 2 atom stereocenters. The normalized spacial score (nSPS) is 18.7. The van der Waals surface area contributed by atoms with E-state index in [4.69, 9.17) is 4.74 Å². The van der Waals surface area contributed by atoms with Crippen LogP contribution in [0.4, 0.5) is 4.39 Å². The van der Waals surface area contributed by atoms with E-state index in [0.717, 1.165) is 23.3 Å². The summed E-state index contributed by atoms with van der Waals surface area (Å²) in [5, 5.41) is 10.4.